The van der Waals surface area contributed by atoms with E-state index in [1.807, 2.05) is 30.3 Å². The standard InChI is InChI=1S/C21H27NO4/c1-14(26-13-15-7-6-8-17(11-15)25-5)20(24)22-18-12-16(21(2,3)4)9-10-19(18)23/h6-12,14,23H,13H2,1-5H3,(H,22,24). The zero-order valence-electron chi connectivity index (χ0n) is 16.0. The fourth-order valence-corrected chi connectivity index (χ4v) is 2.40. The third kappa shape index (κ3) is 5.23. The van der Waals surface area contributed by atoms with Gasteiger partial charge in [0.15, 0.2) is 0 Å². The molecule has 1 amide bonds. The number of phenolic OH excluding ortho intramolecular Hbond substituents is 1. The number of phenols is 1. The molecule has 0 heterocycles. The number of aromatic hydroxyl groups is 1. The number of carbonyl (C=O) groups is 1. The molecule has 0 saturated carbocycles. The number of nitrogens with one attached hydrogen (secondary N) is 1. The third-order valence-electron chi connectivity index (χ3n) is 4.12. The molecule has 0 aliphatic rings. The van der Waals surface area contributed by atoms with Crippen molar-refractivity contribution in [2.24, 2.45) is 0 Å². The predicted molar refractivity (Wildman–Crippen MR) is 103 cm³/mol. The lowest BCUT2D eigenvalue weighted by Crippen LogP contribution is -2.27. The fourth-order valence-electron chi connectivity index (χ4n) is 2.40. The zero-order valence-corrected chi connectivity index (χ0v) is 16.0. The van der Waals surface area contributed by atoms with Crippen molar-refractivity contribution in [3.8, 4) is 11.5 Å². The van der Waals surface area contributed by atoms with Crippen LogP contribution in [0.3, 0.4) is 0 Å². The molecule has 0 bridgehead atoms. The summed E-state index contributed by atoms with van der Waals surface area (Å²) in [6.07, 6.45) is -0.668. The van der Waals surface area contributed by atoms with Crippen LogP contribution in [-0.2, 0) is 21.6 Å². The Morgan fingerprint density at radius 1 is 1.19 bits per heavy atom. The summed E-state index contributed by atoms with van der Waals surface area (Å²) in [5.41, 5.74) is 2.25. The maximum atomic E-state index is 12.4. The minimum atomic E-state index is -0.668. The van der Waals surface area contributed by atoms with Crippen molar-refractivity contribution in [3.63, 3.8) is 0 Å². The molecule has 26 heavy (non-hydrogen) atoms. The van der Waals surface area contributed by atoms with Gasteiger partial charge in [-0.2, -0.15) is 0 Å². The summed E-state index contributed by atoms with van der Waals surface area (Å²) >= 11 is 0. The first-order valence-corrected chi connectivity index (χ1v) is 8.59. The van der Waals surface area contributed by atoms with Gasteiger partial charge < -0.3 is 19.9 Å². The van der Waals surface area contributed by atoms with E-state index in [0.29, 0.717) is 12.3 Å². The van der Waals surface area contributed by atoms with Gasteiger partial charge in [0.1, 0.15) is 17.6 Å². The topological polar surface area (TPSA) is 67.8 Å². The smallest absolute Gasteiger partial charge is 0.253 e. The van der Waals surface area contributed by atoms with E-state index >= 15 is 0 Å². The minimum Gasteiger partial charge on any atom is -0.506 e. The van der Waals surface area contributed by atoms with E-state index in [4.69, 9.17) is 9.47 Å². The normalized spacial score (nSPS) is 12.5. The summed E-state index contributed by atoms with van der Waals surface area (Å²) in [4.78, 5) is 12.4. The van der Waals surface area contributed by atoms with Crippen LogP contribution >= 0.6 is 0 Å². The van der Waals surface area contributed by atoms with Gasteiger partial charge in [-0.1, -0.05) is 39.0 Å². The number of anilines is 1. The summed E-state index contributed by atoms with van der Waals surface area (Å²) in [7, 11) is 1.61. The van der Waals surface area contributed by atoms with Gasteiger partial charge in [-0.3, -0.25) is 4.79 Å². The number of methoxy groups -OCH3 is 1. The zero-order chi connectivity index (χ0) is 19.3. The molecule has 0 fully saturated rings. The average molecular weight is 357 g/mol. The lowest BCUT2D eigenvalue weighted by atomic mass is 9.87. The second-order valence-corrected chi connectivity index (χ2v) is 7.28. The molecule has 5 heteroatoms. The maximum Gasteiger partial charge on any atom is 0.253 e. The van der Waals surface area contributed by atoms with Gasteiger partial charge in [-0.25, -0.2) is 0 Å². The number of carbonyl (C=O) groups excluding carboxylic acids is 1. The SMILES string of the molecule is COc1cccc(COC(C)C(=O)Nc2cc(C(C)(C)C)ccc2O)c1. The monoisotopic (exact) mass is 357 g/mol. The van der Waals surface area contributed by atoms with Crippen molar-refractivity contribution in [3.05, 3.63) is 53.6 Å². The highest BCUT2D eigenvalue weighted by molar-refractivity contribution is 5.95. The molecule has 0 saturated heterocycles. The molecule has 0 radical (unpaired) electrons. The van der Waals surface area contributed by atoms with Crippen LogP contribution in [0.25, 0.3) is 0 Å². The molecular formula is C21H27NO4. The van der Waals surface area contributed by atoms with Crippen molar-refractivity contribution < 1.29 is 19.4 Å². The van der Waals surface area contributed by atoms with Crippen molar-refractivity contribution >= 4 is 11.6 Å². The van der Waals surface area contributed by atoms with Gasteiger partial charge in [0, 0.05) is 0 Å². The number of rotatable bonds is 6. The van der Waals surface area contributed by atoms with Crippen LogP contribution in [0.15, 0.2) is 42.5 Å². The fraction of sp³-hybridized carbons (Fsp3) is 0.381. The van der Waals surface area contributed by atoms with Gasteiger partial charge in [0.05, 0.1) is 19.4 Å². The highest BCUT2D eigenvalue weighted by Crippen LogP contribution is 2.30. The predicted octanol–water partition coefficient (Wildman–Crippen LogP) is 4.24. The van der Waals surface area contributed by atoms with Crippen LogP contribution in [0.1, 0.15) is 38.8 Å². The highest BCUT2D eigenvalue weighted by Gasteiger charge is 2.19. The molecular weight excluding hydrogens is 330 g/mol. The van der Waals surface area contributed by atoms with Crippen LogP contribution in [0.5, 0.6) is 11.5 Å². The average Bonchev–Trinajstić information content (AvgIpc) is 2.60. The number of hydrogen-bond donors (Lipinski definition) is 2. The number of amides is 1. The third-order valence-corrected chi connectivity index (χ3v) is 4.12. The summed E-state index contributed by atoms with van der Waals surface area (Å²) in [6.45, 7) is 8.19. The Hall–Kier alpha value is -2.53. The Balaban J connectivity index is 2.00. The molecule has 2 N–H and O–H groups in total. The van der Waals surface area contributed by atoms with E-state index in [1.54, 1.807) is 26.2 Å². The first-order chi connectivity index (χ1) is 12.2. The Kier molecular flexibility index (Phi) is 6.27. The molecule has 2 aromatic rings. The van der Waals surface area contributed by atoms with Crippen molar-refractivity contribution in [2.45, 2.75) is 45.8 Å². The van der Waals surface area contributed by atoms with E-state index in [-0.39, 0.29) is 17.1 Å². The van der Waals surface area contributed by atoms with Crippen LogP contribution in [-0.4, -0.2) is 24.2 Å². The molecule has 140 valence electrons. The van der Waals surface area contributed by atoms with Crippen molar-refractivity contribution in [1.82, 2.24) is 0 Å². The number of hydrogen-bond acceptors (Lipinski definition) is 4. The molecule has 1 unspecified atom stereocenters. The molecule has 2 rings (SSSR count). The Morgan fingerprint density at radius 3 is 2.58 bits per heavy atom. The number of ether oxygens (including phenoxy) is 2. The summed E-state index contributed by atoms with van der Waals surface area (Å²) in [6, 6.07) is 12.7. The van der Waals surface area contributed by atoms with Crippen LogP contribution < -0.4 is 10.1 Å². The first kappa shape index (κ1) is 19.8. The van der Waals surface area contributed by atoms with Crippen molar-refractivity contribution in [2.75, 3.05) is 12.4 Å². The molecule has 0 aliphatic carbocycles. The summed E-state index contributed by atoms with van der Waals surface area (Å²) in [5.74, 6) is 0.465. The first-order valence-electron chi connectivity index (χ1n) is 8.59. The second kappa shape index (κ2) is 8.23. The Morgan fingerprint density at radius 2 is 1.92 bits per heavy atom. The Bertz CT molecular complexity index is 765. The van der Waals surface area contributed by atoms with Gasteiger partial charge in [-0.15, -0.1) is 0 Å². The summed E-state index contributed by atoms with van der Waals surface area (Å²) < 4.78 is 10.8. The molecule has 0 aromatic heterocycles. The van der Waals surface area contributed by atoms with Crippen LogP contribution in [0.4, 0.5) is 5.69 Å². The van der Waals surface area contributed by atoms with E-state index in [0.717, 1.165) is 16.9 Å². The molecule has 0 spiro atoms. The van der Waals surface area contributed by atoms with Crippen LogP contribution in [0, 0.1) is 0 Å². The lowest BCUT2D eigenvalue weighted by molar-refractivity contribution is -0.127. The van der Waals surface area contributed by atoms with E-state index in [2.05, 4.69) is 26.1 Å². The quantitative estimate of drug-likeness (QED) is 0.759. The second-order valence-electron chi connectivity index (χ2n) is 7.28. The Labute approximate surface area is 155 Å². The molecule has 1 atom stereocenters. The van der Waals surface area contributed by atoms with Crippen molar-refractivity contribution in [1.29, 1.82) is 0 Å². The number of benzene rings is 2. The van der Waals surface area contributed by atoms with Crippen LogP contribution in [0.2, 0.25) is 0 Å². The largest absolute Gasteiger partial charge is 0.506 e. The maximum absolute atomic E-state index is 12.4. The molecule has 2 aromatic carbocycles. The molecule has 0 aliphatic heterocycles. The van der Waals surface area contributed by atoms with Gasteiger partial charge in [-0.05, 0) is 47.7 Å². The van der Waals surface area contributed by atoms with E-state index in [1.165, 1.54) is 0 Å². The summed E-state index contributed by atoms with van der Waals surface area (Å²) in [5, 5.41) is 12.8. The van der Waals surface area contributed by atoms with Gasteiger partial charge in [0.2, 0.25) is 0 Å². The van der Waals surface area contributed by atoms with Gasteiger partial charge in [0.25, 0.3) is 5.91 Å². The minimum absolute atomic E-state index is 0.0337. The van der Waals surface area contributed by atoms with E-state index in [9.17, 15) is 9.90 Å². The lowest BCUT2D eigenvalue weighted by Gasteiger charge is -2.21. The van der Waals surface area contributed by atoms with Gasteiger partial charge >= 0.3 is 0 Å². The molecule has 5 nitrogen and oxygen atoms in total. The highest BCUT2D eigenvalue weighted by atomic mass is 16.5. The van der Waals surface area contributed by atoms with E-state index < -0.39 is 6.10 Å².